The second kappa shape index (κ2) is 8.60. The molecule has 0 bridgehead atoms. The molecule has 154 valence electrons. The molecule has 0 radical (unpaired) electrons. The number of anilines is 2. The zero-order valence-corrected chi connectivity index (χ0v) is 15.9. The summed E-state index contributed by atoms with van der Waals surface area (Å²) in [5.74, 6) is 1.83. The highest BCUT2D eigenvalue weighted by atomic mass is 16.6. The maximum Gasteiger partial charge on any atom is 0.292 e. The molecule has 0 atom stereocenters. The van der Waals surface area contributed by atoms with Gasteiger partial charge in [-0.1, -0.05) is 17.3 Å². The number of carbonyl (C=O) groups excluding carboxylic acids is 1. The predicted molar refractivity (Wildman–Crippen MR) is 107 cm³/mol. The number of hydrogen-bond acceptors (Lipinski definition) is 8. The van der Waals surface area contributed by atoms with E-state index >= 15 is 0 Å². The summed E-state index contributed by atoms with van der Waals surface area (Å²) in [5.41, 5.74) is 0.776. The van der Waals surface area contributed by atoms with Gasteiger partial charge in [-0.05, 0) is 43.2 Å². The van der Waals surface area contributed by atoms with E-state index in [-0.39, 0.29) is 30.4 Å². The largest absolute Gasteiger partial charge is 0.485 e. The monoisotopic (exact) mass is 409 g/mol. The Morgan fingerprint density at radius 2 is 1.97 bits per heavy atom. The molecule has 30 heavy (non-hydrogen) atoms. The van der Waals surface area contributed by atoms with Gasteiger partial charge in [-0.25, -0.2) is 0 Å². The Morgan fingerprint density at radius 1 is 1.20 bits per heavy atom. The van der Waals surface area contributed by atoms with Crippen molar-refractivity contribution in [3.05, 3.63) is 70.4 Å². The van der Waals surface area contributed by atoms with Crippen molar-refractivity contribution in [1.29, 1.82) is 0 Å². The number of ether oxygens (including phenoxy) is 1. The van der Waals surface area contributed by atoms with E-state index in [9.17, 15) is 14.9 Å². The van der Waals surface area contributed by atoms with Gasteiger partial charge in [-0.2, -0.15) is 4.98 Å². The highest BCUT2D eigenvalue weighted by molar-refractivity contribution is 5.94. The van der Waals surface area contributed by atoms with Gasteiger partial charge in [0.2, 0.25) is 17.6 Å². The number of para-hydroxylation sites is 2. The standard InChI is InChI=1S/C20H19N5O5/c26-19(11-21-16-3-1-2-4-17(16)25(27)28)22-14-7-9-15(10-8-14)29-12-18-23-20(30-24-18)13-5-6-13/h1-4,7-10,13,21H,5-6,11-12H2,(H,22,26). The number of nitro groups is 1. The van der Waals surface area contributed by atoms with Crippen LogP contribution >= 0.6 is 0 Å². The van der Waals surface area contributed by atoms with Gasteiger partial charge in [0.1, 0.15) is 11.4 Å². The zero-order chi connectivity index (χ0) is 20.9. The molecule has 1 saturated carbocycles. The SMILES string of the molecule is O=C(CNc1ccccc1[N+](=O)[O-])Nc1ccc(OCc2noc(C3CC3)n2)cc1. The number of nitro benzene ring substituents is 1. The highest BCUT2D eigenvalue weighted by Gasteiger charge is 2.29. The first kappa shape index (κ1) is 19.4. The van der Waals surface area contributed by atoms with Crippen LogP contribution < -0.4 is 15.4 Å². The highest BCUT2D eigenvalue weighted by Crippen LogP contribution is 2.38. The van der Waals surface area contributed by atoms with Gasteiger partial charge in [0, 0.05) is 17.7 Å². The zero-order valence-electron chi connectivity index (χ0n) is 15.9. The maximum atomic E-state index is 12.1. The summed E-state index contributed by atoms with van der Waals surface area (Å²) in [6, 6.07) is 13.0. The van der Waals surface area contributed by atoms with Crippen LogP contribution in [-0.2, 0) is 11.4 Å². The third kappa shape index (κ3) is 4.90. The van der Waals surface area contributed by atoms with E-state index < -0.39 is 4.92 Å². The van der Waals surface area contributed by atoms with Gasteiger partial charge >= 0.3 is 0 Å². The molecule has 1 aliphatic carbocycles. The van der Waals surface area contributed by atoms with Crippen molar-refractivity contribution < 1.29 is 19.0 Å². The van der Waals surface area contributed by atoms with Crippen LogP contribution in [0.2, 0.25) is 0 Å². The fourth-order valence-electron chi connectivity index (χ4n) is 2.77. The Hall–Kier alpha value is -3.95. The number of benzene rings is 2. The lowest BCUT2D eigenvalue weighted by Gasteiger charge is -2.09. The molecule has 10 heteroatoms. The van der Waals surface area contributed by atoms with Crippen LogP contribution in [0.4, 0.5) is 17.1 Å². The molecule has 1 fully saturated rings. The van der Waals surface area contributed by atoms with Crippen molar-refractivity contribution in [3.63, 3.8) is 0 Å². The summed E-state index contributed by atoms with van der Waals surface area (Å²) in [6.45, 7) is 0.0892. The molecule has 3 aromatic rings. The minimum atomic E-state index is -0.500. The number of hydrogen-bond donors (Lipinski definition) is 2. The number of aromatic nitrogens is 2. The second-order valence-corrected chi connectivity index (χ2v) is 6.81. The molecule has 2 N–H and O–H groups in total. The number of carbonyl (C=O) groups is 1. The number of amides is 1. The Bertz CT molecular complexity index is 1050. The lowest BCUT2D eigenvalue weighted by atomic mass is 10.2. The van der Waals surface area contributed by atoms with Crippen LogP contribution in [0.15, 0.2) is 53.1 Å². The Kier molecular flexibility index (Phi) is 5.55. The lowest BCUT2D eigenvalue weighted by molar-refractivity contribution is -0.383. The summed E-state index contributed by atoms with van der Waals surface area (Å²) in [6.07, 6.45) is 2.18. The van der Waals surface area contributed by atoms with Gasteiger partial charge in [-0.3, -0.25) is 14.9 Å². The normalized spacial score (nSPS) is 12.9. The summed E-state index contributed by atoms with van der Waals surface area (Å²) in [4.78, 5) is 26.9. The van der Waals surface area contributed by atoms with Crippen LogP contribution in [0.1, 0.15) is 30.5 Å². The third-order valence-electron chi connectivity index (χ3n) is 4.46. The molecular formula is C20H19N5O5. The molecule has 4 rings (SSSR count). The molecule has 10 nitrogen and oxygen atoms in total. The van der Waals surface area contributed by atoms with Crippen molar-refractivity contribution in [1.82, 2.24) is 10.1 Å². The van der Waals surface area contributed by atoms with Crippen LogP contribution in [0.25, 0.3) is 0 Å². The maximum absolute atomic E-state index is 12.1. The minimum absolute atomic E-state index is 0.0855. The van der Waals surface area contributed by atoms with E-state index in [1.165, 1.54) is 6.07 Å². The Balaban J connectivity index is 1.25. The van der Waals surface area contributed by atoms with Crippen LogP contribution in [0, 0.1) is 10.1 Å². The topological polar surface area (TPSA) is 132 Å². The summed E-state index contributed by atoms with van der Waals surface area (Å²) < 4.78 is 10.8. The van der Waals surface area contributed by atoms with Crippen LogP contribution in [-0.4, -0.2) is 27.5 Å². The third-order valence-corrected chi connectivity index (χ3v) is 4.46. The number of nitrogens with one attached hydrogen (secondary N) is 2. The van der Waals surface area contributed by atoms with Gasteiger partial charge in [0.05, 0.1) is 11.5 Å². The molecule has 0 saturated heterocycles. The second-order valence-electron chi connectivity index (χ2n) is 6.81. The predicted octanol–water partition coefficient (Wildman–Crippen LogP) is 3.48. The molecule has 1 amide bonds. The average Bonchev–Trinajstić information content (AvgIpc) is 3.50. The first-order valence-corrected chi connectivity index (χ1v) is 9.41. The lowest BCUT2D eigenvalue weighted by Crippen LogP contribution is -2.22. The molecule has 1 heterocycles. The number of rotatable bonds is 9. The van der Waals surface area contributed by atoms with Crippen molar-refractivity contribution in [2.45, 2.75) is 25.4 Å². The molecule has 2 aromatic carbocycles. The molecule has 1 aromatic heterocycles. The number of nitrogens with zero attached hydrogens (tertiary/aromatic N) is 3. The van der Waals surface area contributed by atoms with Gasteiger partial charge < -0.3 is 19.9 Å². The van der Waals surface area contributed by atoms with E-state index in [1.807, 2.05) is 0 Å². The van der Waals surface area contributed by atoms with E-state index in [0.717, 1.165) is 12.8 Å². The van der Waals surface area contributed by atoms with Crippen molar-refractivity contribution in [2.24, 2.45) is 0 Å². The molecule has 1 aliphatic rings. The molecule has 0 unspecified atom stereocenters. The smallest absolute Gasteiger partial charge is 0.292 e. The first-order valence-electron chi connectivity index (χ1n) is 9.41. The summed E-state index contributed by atoms with van der Waals surface area (Å²) in [7, 11) is 0. The van der Waals surface area contributed by atoms with Crippen molar-refractivity contribution in [2.75, 3.05) is 17.2 Å². The quantitative estimate of drug-likeness (QED) is 0.405. The van der Waals surface area contributed by atoms with Crippen molar-refractivity contribution in [3.8, 4) is 5.75 Å². The van der Waals surface area contributed by atoms with Gasteiger partial charge in [0.25, 0.3) is 5.69 Å². The Morgan fingerprint density at radius 3 is 2.70 bits per heavy atom. The van der Waals surface area contributed by atoms with E-state index in [0.29, 0.717) is 29.1 Å². The van der Waals surface area contributed by atoms with E-state index in [4.69, 9.17) is 9.26 Å². The minimum Gasteiger partial charge on any atom is -0.485 e. The molecule has 0 aliphatic heterocycles. The fraction of sp³-hybridized carbons (Fsp3) is 0.250. The summed E-state index contributed by atoms with van der Waals surface area (Å²) >= 11 is 0. The first-order chi connectivity index (χ1) is 14.6. The van der Waals surface area contributed by atoms with Crippen LogP contribution in [0.5, 0.6) is 5.75 Å². The van der Waals surface area contributed by atoms with Gasteiger partial charge in [-0.15, -0.1) is 0 Å². The van der Waals surface area contributed by atoms with Crippen LogP contribution in [0.3, 0.4) is 0 Å². The molecular weight excluding hydrogens is 390 g/mol. The summed E-state index contributed by atoms with van der Waals surface area (Å²) in [5, 5.41) is 20.4. The van der Waals surface area contributed by atoms with Crippen molar-refractivity contribution >= 4 is 23.0 Å². The fourth-order valence-corrected chi connectivity index (χ4v) is 2.77. The molecule has 0 spiro atoms. The van der Waals surface area contributed by atoms with E-state index in [1.54, 1.807) is 42.5 Å². The van der Waals surface area contributed by atoms with E-state index in [2.05, 4.69) is 20.8 Å². The average molecular weight is 409 g/mol. The van der Waals surface area contributed by atoms with Gasteiger partial charge in [0.15, 0.2) is 6.61 Å². The Labute approximate surface area is 171 Å².